The van der Waals surface area contributed by atoms with E-state index >= 15 is 0 Å². The van der Waals surface area contributed by atoms with Crippen molar-refractivity contribution in [3.05, 3.63) is 55.3 Å². The highest BCUT2D eigenvalue weighted by Gasteiger charge is 2.25. The number of carbonyl (C=O) groups is 1. The molecule has 1 N–H and O–H groups in total. The van der Waals surface area contributed by atoms with Crippen LogP contribution in [0.5, 0.6) is 0 Å². The van der Waals surface area contributed by atoms with Crippen LogP contribution in [-0.2, 0) is 4.79 Å². The normalized spacial score (nSPS) is 11.8. The fraction of sp³-hybridized carbons (Fsp3) is 0.231. The SMILES string of the molecule is Cc1c([N+](=O)[O-])cc(NC(=O)C(C)n2cc(Cl)cn2)cc1[N+](=O)[O-]. The second-order valence-corrected chi connectivity index (χ2v) is 5.39. The first-order valence-electron chi connectivity index (χ1n) is 6.64. The fourth-order valence-corrected chi connectivity index (χ4v) is 2.17. The zero-order chi connectivity index (χ0) is 18.0. The van der Waals surface area contributed by atoms with Gasteiger partial charge in [0, 0.05) is 18.3 Å². The van der Waals surface area contributed by atoms with Crippen LogP contribution in [0.25, 0.3) is 0 Å². The van der Waals surface area contributed by atoms with Crippen molar-refractivity contribution in [3.8, 4) is 0 Å². The van der Waals surface area contributed by atoms with E-state index in [1.807, 2.05) is 0 Å². The highest BCUT2D eigenvalue weighted by molar-refractivity contribution is 6.30. The average Bonchev–Trinajstić information content (AvgIpc) is 2.93. The molecule has 1 unspecified atom stereocenters. The van der Waals surface area contributed by atoms with Gasteiger partial charge in [0.1, 0.15) is 11.6 Å². The Morgan fingerprint density at radius 3 is 2.25 bits per heavy atom. The molecule has 11 heteroatoms. The molecule has 0 aliphatic carbocycles. The van der Waals surface area contributed by atoms with E-state index in [9.17, 15) is 25.0 Å². The zero-order valence-electron chi connectivity index (χ0n) is 12.6. The van der Waals surface area contributed by atoms with Crippen LogP contribution in [0.15, 0.2) is 24.5 Å². The van der Waals surface area contributed by atoms with Crippen LogP contribution in [0.4, 0.5) is 17.1 Å². The van der Waals surface area contributed by atoms with Crippen molar-refractivity contribution in [1.82, 2.24) is 9.78 Å². The Hall–Kier alpha value is -3.01. The molecule has 0 spiro atoms. The topological polar surface area (TPSA) is 133 Å². The molecule has 1 atom stereocenters. The maximum atomic E-state index is 12.2. The predicted octanol–water partition coefficient (Wildman–Crippen LogP) is 2.86. The molecule has 2 rings (SSSR count). The number of halogens is 1. The molecule has 1 heterocycles. The van der Waals surface area contributed by atoms with Crippen LogP contribution in [0.1, 0.15) is 18.5 Å². The molecule has 10 nitrogen and oxygen atoms in total. The van der Waals surface area contributed by atoms with Gasteiger partial charge in [-0.05, 0) is 13.8 Å². The maximum absolute atomic E-state index is 12.2. The number of anilines is 1. The van der Waals surface area contributed by atoms with Gasteiger partial charge in [-0.25, -0.2) is 0 Å². The monoisotopic (exact) mass is 353 g/mol. The van der Waals surface area contributed by atoms with Gasteiger partial charge >= 0.3 is 0 Å². The van der Waals surface area contributed by atoms with E-state index in [4.69, 9.17) is 11.6 Å². The number of rotatable bonds is 5. The Morgan fingerprint density at radius 2 is 1.83 bits per heavy atom. The molecular weight excluding hydrogens is 342 g/mol. The summed E-state index contributed by atoms with van der Waals surface area (Å²) >= 11 is 5.73. The van der Waals surface area contributed by atoms with Crippen LogP contribution in [0.2, 0.25) is 5.02 Å². The smallest absolute Gasteiger partial charge is 0.281 e. The molecule has 0 radical (unpaired) electrons. The van der Waals surface area contributed by atoms with Gasteiger partial charge in [-0.3, -0.25) is 29.7 Å². The van der Waals surface area contributed by atoms with Gasteiger partial charge < -0.3 is 5.32 Å². The van der Waals surface area contributed by atoms with Crippen LogP contribution < -0.4 is 5.32 Å². The van der Waals surface area contributed by atoms with Gasteiger partial charge in [0.05, 0.1) is 26.8 Å². The number of benzene rings is 1. The summed E-state index contributed by atoms with van der Waals surface area (Å²) in [6.07, 6.45) is 2.79. The minimum atomic E-state index is -0.767. The summed E-state index contributed by atoms with van der Waals surface area (Å²) < 4.78 is 1.30. The zero-order valence-corrected chi connectivity index (χ0v) is 13.4. The Balaban J connectivity index is 2.33. The van der Waals surface area contributed by atoms with Crippen LogP contribution in [-0.4, -0.2) is 25.5 Å². The molecule has 0 saturated carbocycles. The number of nitrogens with zero attached hydrogens (tertiary/aromatic N) is 4. The Labute approximate surface area is 140 Å². The highest BCUT2D eigenvalue weighted by atomic mass is 35.5. The van der Waals surface area contributed by atoms with Gasteiger partial charge in [0.25, 0.3) is 11.4 Å². The molecule has 0 saturated heterocycles. The molecule has 24 heavy (non-hydrogen) atoms. The first kappa shape index (κ1) is 17.3. The second-order valence-electron chi connectivity index (χ2n) is 4.96. The molecule has 0 bridgehead atoms. The molecule has 0 aliphatic rings. The van der Waals surface area contributed by atoms with Gasteiger partial charge in [-0.2, -0.15) is 5.10 Å². The number of carbonyl (C=O) groups excluding carboxylic acids is 1. The molecule has 1 aromatic carbocycles. The number of aromatic nitrogens is 2. The minimum Gasteiger partial charge on any atom is -0.324 e. The van der Waals surface area contributed by atoms with Crippen LogP contribution in [0.3, 0.4) is 0 Å². The summed E-state index contributed by atoms with van der Waals surface area (Å²) in [6, 6.07) is 1.38. The van der Waals surface area contributed by atoms with Crippen molar-refractivity contribution in [2.45, 2.75) is 19.9 Å². The molecule has 2 aromatic rings. The van der Waals surface area contributed by atoms with E-state index < -0.39 is 33.2 Å². The molecule has 0 fully saturated rings. The first-order chi connectivity index (χ1) is 11.2. The molecule has 0 aliphatic heterocycles. The second kappa shape index (κ2) is 6.62. The van der Waals surface area contributed by atoms with E-state index in [2.05, 4.69) is 10.4 Å². The standard InChI is InChI=1S/C13H12ClN5O5/c1-7-11(18(21)22)3-10(4-12(7)19(23)24)16-13(20)8(2)17-6-9(14)5-15-17/h3-6,8H,1-2H3,(H,16,20). The van der Waals surface area contributed by atoms with E-state index in [1.54, 1.807) is 0 Å². The summed E-state index contributed by atoms with van der Waals surface area (Å²) in [4.78, 5) is 32.8. The number of amides is 1. The van der Waals surface area contributed by atoms with E-state index in [0.29, 0.717) is 5.02 Å². The van der Waals surface area contributed by atoms with Crippen molar-refractivity contribution < 1.29 is 14.6 Å². The van der Waals surface area contributed by atoms with E-state index in [1.165, 1.54) is 30.9 Å². The number of nitrogens with one attached hydrogen (secondary N) is 1. The Morgan fingerprint density at radius 1 is 1.29 bits per heavy atom. The average molecular weight is 354 g/mol. The van der Waals surface area contributed by atoms with Gasteiger partial charge in [-0.15, -0.1) is 0 Å². The summed E-state index contributed by atoms with van der Waals surface area (Å²) in [5.74, 6) is -0.554. The third kappa shape index (κ3) is 3.49. The van der Waals surface area contributed by atoms with Gasteiger partial charge in [-0.1, -0.05) is 11.6 Å². The fourth-order valence-electron chi connectivity index (χ4n) is 2.03. The number of nitro groups is 2. The summed E-state index contributed by atoms with van der Waals surface area (Å²) in [5, 5.41) is 28.7. The summed E-state index contributed by atoms with van der Waals surface area (Å²) in [6.45, 7) is 2.81. The first-order valence-corrected chi connectivity index (χ1v) is 7.02. The lowest BCUT2D eigenvalue weighted by Gasteiger charge is -2.13. The van der Waals surface area contributed by atoms with E-state index in [0.717, 1.165) is 12.1 Å². The Bertz CT molecular complexity index is 799. The molecule has 126 valence electrons. The van der Waals surface area contributed by atoms with Crippen molar-refractivity contribution >= 4 is 34.6 Å². The summed E-state index contributed by atoms with van der Waals surface area (Å²) in [5.41, 5.74) is -1.03. The highest BCUT2D eigenvalue weighted by Crippen LogP contribution is 2.32. The third-order valence-corrected chi connectivity index (χ3v) is 3.56. The lowest BCUT2D eigenvalue weighted by atomic mass is 10.1. The lowest BCUT2D eigenvalue weighted by molar-refractivity contribution is -0.395. The van der Waals surface area contributed by atoms with Crippen molar-refractivity contribution in [2.75, 3.05) is 5.32 Å². The van der Waals surface area contributed by atoms with Gasteiger partial charge in [0.2, 0.25) is 5.91 Å². The number of nitro benzene ring substituents is 2. The summed E-state index contributed by atoms with van der Waals surface area (Å²) in [7, 11) is 0. The van der Waals surface area contributed by atoms with E-state index in [-0.39, 0.29) is 11.3 Å². The lowest BCUT2D eigenvalue weighted by Crippen LogP contribution is -2.24. The molecule has 1 amide bonds. The quantitative estimate of drug-likeness (QED) is 0.648. The maximum Gasteiger partial charge on any atom is 0.281 e. The molecule has 1 aromatic heterocycles. The van der Waals surface area contributed by atoms with Crippen molar-refractivity contribution in [2.24, 2.45) is 0 Å². The van der Waals surface area contributed by atoms with Crippen LogP contribution in [0, 0.1) is 27.2 Å². The minimum absolute atomic E-state index is 0.0471. The third-order valence-electron chi connectivity index (χ3n) is 3.36. The van der Waals surface area contributed by atoms with Crippen molar-refractivity contribution in [1.29, 1.82) is 0 Å². The van der Waals surface area contributed by atoms with Gasteiger partial charge in [0.15, 0.2) is 0 Å². The molecular formula is C13H12ClN5O5. The number of hydrogen-bond acceptors (Lipinski definition) is 6. The number of hydrogen-bond donors (Lipinski definition) is 1. The Kier molecular flexibility index (Phi) is 4.79. The van der Waals surface area contributed by atoms with Crippen LogP contribution >= 0.6 is 11.6 Å². The van der Waals surface area contributed by atoms with Crippen molar-refractivity contribution in [3.63, 3.8) is 0 Å². The predicted molar refractivity (Wildman–Crippen MR) is 85.1 cm³/mol. The largest absolute Gasteiger partial charge is 0.324 e.